The molecule has 16 heavy (non-hydrogen) atoms. The van der Waals surface area contributed by atoms with Gasteiger partial charge in [0.05, 0.1) is 12.7 Å². The van der Waals surface area contributed by atoms with Gasteiger partial charge in [-0.3, -0.25) is 0 Å². The Labute approximate surface area is 97.2 Å². The Hall–Kier alpha value is -0.900. The zero-order valence-electron chi connectivity index (χ0n) is 10.2. The lowest BCUT2D eigenvalue weighted by atomic mass is 9.82. The summed E-state index contributed by atoms with van der Waals surface area (Å²) < 4.78 is 5.07. The van der Waals surface area contributed by atoms with E-state index in [0.717, 1.165) is 11.1 Å². The minimum Gasteiger partial charge on any atom is -0.388 e. The van der Waals surface area contributed by atoms with Crippen LogP contribution in [0.4, 0.5) is 0 Å². The lowest BCUT2D eigenvalue weighted by Crippen LogP contribution is -2.30. The van der Waals surface area contributed by atoms with Crippen LogP contribution in [0.1, 0.15) is 31.1 Å². The molecule has 3 heteroatoms. The van der Waals surface area contributed by atoms with Crippen molar-refractivity contribution in [2.24, 2.45) is 11.1 Å². The van der Waals surface area contributed by atoms with Crippen LogP contribution in [0.25, 0.3) is 0 Å². The summed E-state index contributed by atoms with van der Waals surface area (Å²) in [6.07, 6.45) is -0.547. The number of methoxy groups -OCH3 is 1. The van der Waals surface area contributed by atoms with Crippen molar-refractivity contribution in [3.05, 3.63) is 35.4 Å². The molecule has 1 aromatic carbocycles. The SMILES string of the molecule is COCc1cccc(C(O)C(C)(C)CN)c1. The fraction of sp³-hybridized carbons (Fsp3) is 0.538. The average Bonchev–Trinajstić information content (AvgIpc) is 2.29. The molecular weight excluding hydrogens is 202 g/mol. The molecule has 0 bridgehead atoms. The molecule has 0 aliphatic carbocycles. The number of hydrogen-bond donors (Lipinski definition) is 2. The molecule has 1 rings (SSSR count). The van der Waals surface area contributed by atoms with Crippen LogP contribution in [0.3, 0.4) is 0 Å². The van der Waals surface area contributed by atoms with Crippen LogP contribution >= 0.6 is 0 Å². The molecule has 0 saturated carbocycles. The third kappa shape index (κ3) is 3.04. The molecule has 1 atom stereocenters. The lowest BCUT2D eigenvalue weighted by molar-refractivity contribution is 0.0553. The van der Waals surface area contributed by atoms with E-state index in [4.69, 9.17) is 10.5 Å². The summed E-state index contributed by atoms with van der Waals surface area (Å²) in [5, 5.41) is 10.2. The number of rotatable bonds is 5. The Kier molecular flexibility index (Phi) is 4.47. The number of benzene rings is 1. The zero-order chi connectivity index (χ0) is 12.2. The topological polar surface area (TPSA) is 55.5 Å². The predicted molar refractivity (Wildman–Crippen MR) is 65.0 cm³/mol. The molecule has 0 aromatic heterocycles. The second-order valence-electron chi connectivity index (χ2n) is 4.77. The first-order valence-electron chi connectivity index (χ1n) is 5.47. The molecule has 0 aliphatic heterocycles. The summed E-state index contributed by atoms with van der Waals surface area (Å²) in [6.45, 7) is 4.92. The van der Waals surface area contributed by atoms with E-state index in [0.29, 0.717) is 13.2 Å². The van der Waals surface area contributed by atoms with E-state index in [1.54, 1.807) is 7.11 Å². The van der Waals surface area contributed by atoms with E-state index in [-0.39, 0.29) is 5.41 Å². The average molecular weight is 223 g/mol. The van der Waals surface area contributed by atoms with Crippen molar-refractivity contribution in [1.29, 1.82) is 0 Å². The van der Waals surface area contributed by atoms with E-state index in [2.05, 4.69) is 0 Å². The summed E-state index contributed by atoms with van der Waals surface area (Å²) >= 11 is 0. The molecule has 90 valence electrons. The maximum absolute atomic E-state index is 10.2. The van der Waals surface area contributed by atoms with Crippen molar-refractivity contribution in [3.8, 4) is 0 Å². The Morgan fingerprint density at radius 1 is 1.44 bits per heavy atom. The summed E-state index contributed by atoms with van der Waals surface area (Å²) in [5.74, 6) is 0. The van der Waals surface area contributed by atoms with Crippen molar-refractivity contribution in [3.63, 3.8) is 0 Å². The zero-order valence-corrected chi connectivity index (χ0v) is 10.2. The minimum atomic E-state index is -0.547. The Balaban J connectivity index is 2.91. The quantitative estimate of drug-likeness (QED) is 0.801. The van der Waals surface area contributed by atoms with Gasteiger partial charge in [-0.15, -0.1) is 0 Å². The maximum Gasteiger partial charge on any atom is 0.0853 e. The van der Waals surface area contributed by atoms with E-state index in [1.165, 1.54) is 0 Å². The van der Waals surface area contributed by atoms with Gasteiger partial charge in [0, 0.05) is 19.1 Å². The van der Waals surface area contributed by atoms with E-state index in [1.807, 2.05) is 38.1 Å². The maximum atomic E-state index is 10.2. The molecule has 3 nitrogen and oxygen atoms in total. The number of aliphatic hydroxyl groups is 1. The van der Waals surface area contributed by atoms with Crippen LogP contribution in [0.15, 0.2) is 24.3 Å². The van der Waals surface area contributed by atoms with Gasteiger partial charge in [-0.05, 0) is 11.1 Å². The van der Waals surface area contributed by atoms with Crippen LogP contribution in [0, 0.1) is 5.41 Å². The summed E-state index contributed by atoms with van der Waals surface area (Å²) in [6, 6.07) is 7.79. The third-order valence-corrected chi connectivity index (χ3v) is 2.84. The van der Waals surface area contributed by atoms with Gasteiger partial charge in [0.25, 0.3) is 0 Å². The van der Waals surface area contributed by atoms with Gasteiger partial charge in [-0.25, -0.2) is 0 Å². The molecule has 0 aliphatic rings. The van der Waals surface area contributed by atoms with Crippen LogP contribution in [-0.2, 0) is 11.3 Å². The molecule has 3 N–H and O–H groups in total. The number of nitrogens with two attached hydrogens (primary N) is 1. The van der Waals surface area contributed by atoms with Crippen molar-refractivity contribution in [1.82, 2.24) is 0 Å². The van der Waals surface area contributed by atoms with Gasteiger partial charge in [-0.1, -0.05) is 38.1 Å². The highest BCUT2D eigenvalue weighted by atomic mass is 16.5. The summed E-state index contributed by atoms with van der Waals surface area (Å²) in [5.41, 5.74) is 7.30. The van der Waals surface area contributed by atoms with E-state index >= 15 is 0 Å². The molecule has 1 unspecified atom stereocenters. The van der Waals surface area contributed by atoms with Gasteiger partial charge < -0.3 is 15.6 Å². The van der Waals surface area contributed by atoms with Crippen molar-refractivity contribution < 1.29 is 9.84 Å². The van der Waals surface area contributed by atoms with Crippen molar-refractivity contribution in [2.75, 3.05) is 13.7 Å². The van der Waals surface area contributed by atoms with Gasteiger partial charge in [-0.2, -0.15) is 0 Å². The van der Waals surface area contributed by atoms with Crippen LogP contribution < -0.4 is 5.73 Å². The highest BCUT2D eigenvalue weighted by Crippen LogP contribution is 2.32. The standard InChI is InChI=1S/C13H21NO2/c1-13(2,9-14)12(15)11-6-4-5-10(7-11)8-16-3/h4-7,12,15H,8-9,14H2,1-3H3. The third-order valence-electron chi connectivity index (χ3n) is 2.84. The summed E-state index contributed by atoms with van der Waals surface area (Å²) in [7, 11) is 1.66. The molecule has 0 heterocycles. The largest absolute Gasteiger partial charge is 0.388 e. The van der Waals surface area contributed by atoms with Gasteiger partial charge >= 0.3 is 0 Å². The molecule has 0 amide bonds. The normalized spacial score (nSPS) is 13.8. The monoisotopic (exact) mass is 223 g/mol. The molecule has 0 spiro atoms. The highest BCUT2D eigenvalue weighted by molar-refractivity contribution is 5.26. The smallest absolute Gasteiger partial charge is 0.0853 e. The van der Waals surface area contributed by atoms with Gasteiger partial charge in [0.2, 0.25) is 0 Å². The fourth-order valence-corrected chi connectivity index (χ4v) is 1.58. The molecule has 0 fully saturated rings. The first-order chi connectivity index (χ1) is 7.51. The first kappa shape index (κ1) is 13.2. The van der Waals surface area contributed by atoms with Crippen LogP contribution in [0.5, 0.6) is 0 Å². The van der Waals surface area contributed by atoms with E-state index < -0.39 is 6.10 Å². The number of hydrogen-bond acceptors (Lipinski definition) is 3. The van der Waals surface area contributed by atoms with Crippen LogP contribution in [-0.4, -0.2) is 18.8 Å². The Bertz CT molecular complexity index is 336. The molecular formula is C13H21NO2. The predicted octanol–water partition coefficient (Wildman–Crippen LogP) is 1.85. The second-order valence-corrected chi connectivity index (χ2v) is 4.77. The Morgan fingerprint density at radius 2 is 2.12 bits per heavy atom. The Morgan fingerprint density at radius 3 is 2.69 bits per heavy atom. The number of aliphatic hydroxyl groups excluding tert-OH is 1. The van der Waals surface area contributed by atoms with Crippen molar-refractivity contribution in [2.45, 2.75) is 26.6 Å². The molecule has 1 aromatic rings. The van der Waals surface area contributed by atoms with Gasteiger partial charge in [0.15, 0.2) is 0 Å². The second kappa shape index (κ2) is 5.43. The van der Waals surface area contributed by atoms with Gasteiger partial charge in [0.1, 0.15) is 0 Å². The number of ether oxygens (including phenoxy) is 1. The van der Waals surface area contributed by atoms with Crippen molar-refractivity contribution >= 4 is 0 Å². The summed E-state index contributed by atoms with van der Waals surface area (Å²) in [4.78, 5) is 0. The first-order valence-corrected chi connectivity index (χ1v) is 5.47. The lowest BCUT2D eigenvalue weighted by Gasteiger charge is -2.29. The van der Waals surface area contributed by atoms with E-state index in [9.17, 15) is 5.11 Å². The fourth-order valence-electron chi connectivity index (χ4n) is 1.58. The highest BCUT2D eigenvalue weighted by Gasteiger charge is 2.27. The van der Waals surface area contributed by atoms with Crippen LogP contribution in [0.2, 0.25) is 0 Å². The molecule has 0 radical (unpaired) electrons. The minimum absolute atomic E-state index is 0.314. The molecule has 0 saturated heterocycles.